The molecule has 2 atom stereocenters. The van der Waals surface area contributed by atoms with Gasteiger partial charge in [-0.05, 0) is 39.5 Å². The van der Waals surface area contributed by atoms with E-state index in [1.165, 1.54) is 12.8 Å². The van der Waals surface area contributed by atoms with Gasteiger partial charge in [0.05, 0.1) is 0 Å². The van der Waals surface area contributed by atoms with E-state index in [-0.39, 0.29) is 0 Å². The van der Waals surface area contributed by atoms with E-state index in [1.54, 1.807) is 0 Å². The Hall–Kier alpha value is -0.0400. The Morgan fingerprint density at radius 1 is 1.08 bits per heavy atom. The molecule has 0 saturated carbocycles. The summed E-state index contributed by atoms with van der Waals surface area (Å²) in [4.78, 5) is 2.69. The number of rotatable bonds is 2. The molecule has 12 heavy (non-hydrogen) atoms. The molecule has 0 bridgehead atoms. The van der Waals surface area contributed by atoms with Gasteiger partial charge in [0.15, 0.2) is 0 Å². The average molecular weight is 169 g/mol. The molecule has 0 aliphatic carbocycles. The fraction of sp³-hybridized carbons (Fsp3) is 1.00. The van der Waals surface area contributed by atoms with Crippen LogP contribution in [0, 0.1) is 5.92 Å². The van der Waals surface area contributed by atoms with Crippen LogP contribution in [0.5, 0.6) is 0 Å². The largest absolute Gasteiger partial charge is 0.295 e. The van der Waals surface area contributed by atoms with E-state index in [0.29, 0.717) is 0 Å². The second-order valence-corrected chi connectivity index (χ2v) is 4.78. The van der Waals surface area contributed by atoms with Crippen LogP contribution in [-0.4, -0.2) is 23.0 Å². The number of hydrogen-bond acceptors (Lipinski definition) is 1. The van der Waals surface area contributed by atoms with E-state index in [0.717, 1.165) is 24.0 Å². The molecule has 1 aliphatic heterocycles. The summed E-state index contributed by atoms with van der Waals surface area (Å²) in [6, 6.07) is 2.35. The van der Waals surface area contributed by atoms with Crippen molar-refractivity contribution < 1.29 is 0 Å². The topological polar surface area (TPSA) is 3.24 Å². The maximum Gasteiger partial charge on any atom is 0.0124 e. The summed E-state index contributed by atoms with van der Waals surface area (Å²) < 4.78 is 0. The smallest absolute Gasteiger partial charge is 0.0124 e. The zero-order valence-electron chi connectivity index (χ0n) is 9.17. The van der Waals surface area contributed by atoms with Crippen LogP contribution in [0.1, 0.15) is 47.5 Å². The molecule has 1 fully saturated rings. The van der Waals surface area contributed by atoms with E-state index < -0.39 is 0 Å². The first kappa shape index (κ1) is 10.0. The van der Waals surface area contributed by atoms with Gasteiger partial charge in [0.2, 0.25) is 0 Å². The Morgan fingerprint density at radius 3 is 2.00 bits per heavy atom. The molecule has 1 saturated heterocycles. The average Bonchev–Trinajstić information content (AvgIpc) is 2.30. The first-order valence-corrected chi connectivity index (χ1v) is 5.31. The van der Waals surface area contributed by atoms with E-state index in [4.69, 9.17) is 0 Å². The minimum atomic E-state index is 0.717. The van der Waals surface area contributed by atoms with Crippen LogP contribution < -0.4 is 0 Å². The lowest BCUT2D eigenvalue weighted by Gasteiger charge is -2.34. The summed E-state index contributed by atoms with van der Waals surface area (Å²) in [5.74, 6) is 0.817. The zero-order valence-corrected chi connectivity index (χ0v) is 9.17. The quantitative estimate of drug-likeness (QED) is 0.614. The molecule has 1 nitrogen and oxygen atoms in total. The molecule has 1 rings (SSSR count). The van der Waals surface area contributed by atoms with Gasteiger partial charge in [-0.3, -0.25) is 4.90 Å². The molecular formula is C11H23N. The fourth-order valence-corrected chi connectivity index (χ4v) is 2.61. The molecule has 1 aliphatic rings. The van der Waals surface area contributed by atoms with Crippen LogP contribution in [-0.2, 0) is 0 Å². The van der Waals surface area contributed by atoms with Crippen molar-refractivity contribution in [2.24, 2.45) is 5.92 Å². The lowest BCUT2D eigenvalue weighted by atomic mass is 10.0. The van der Waals surface area contributed by atoms with Gasteiger partial charge in [-0.15, -0.1) is 0 Å². The van der Waals surface area contributed by atoms with Crippen LogP contribution in [0.3, 0.4) is 0 Å². The molecule has 0 amide bonds. The van der Waals surface area contributed by atoms with E-state index in [9.17, 15) is 0 Å². The monoisotopic (exact) mass is 169 g/mol. The Balaban J connectivity index is 2.64. The van der Waals surface area contributed by atoms with Crippen molar-refractivity contribution in [1.29, 1.82) is 0 Å². The molecule has 0 aromatic rings. The van der Waals surface area contributed by atoms with Crippen LogP contribution in [0.15, 0.2) is 0 Å². The molecule has 0 radical (unpaired) electrons. The van der Waals surface area contributed by atoms with Gasteiger partial charge in [0, 0.05) is 18.1 Å². The highest BCUT2D eigenvalue weighted by molar-refractivity contribution is 4.88. The van der Waals surface area contributed by atoms with E-state index in [2.05, 4.69) is 39.5 Å². The third-order valence-corrected chi connectivity index (χ3v) is 3.14. The first-order valence-electron chi connectivity index (χ1n) is 5.31. The van der Waals surface area contributed by atoms with Gasteiger partial charge >= 0.3 is 0 Å². The van der Waals surface area contributed by atoms with Crippen molar-refractivity contribution in [3.05, 3.63) is 0 Å². The van der Waals surface area contributed by atoms with Crippen LogP contribution >= 0.6 is 0 Å². The third kappa shape index (κ3) is 1.82. The summed E-state index contributed by atoms with van der Waals surface area (Å²) in [5.41, 5.74) is 0. The number of nitrogens with zero attached hydrogens (tertiary/aromatic N) is 1. The molecule has 1 unspecified atom stereocenters. The molecule has 0 aromatic carbocycles. The lowest BCUT2D eigenvalue weighted by Crippen LogP contribution is -2.42. The Labute approximate surface area is 77.1 Å². The summed E-state index contributed by atoms with van der Waals surface area (Å²) in [6.07, 6.45) is 2.79. The van der Waals surface area contributed by atoms with E-state index >= 15 is 0 Å². The molecule has 72 valence electrons. The van der Waals surface area contributed by atoms with Crippen molar-refractivity contribution in [2.75, 3.05) is 0 Å². The zero-order chi connectivity index (χ0) is 9.30. The normalized spacial score (nSPS) is 32.2. The van der Waals surface area contributed by atoms with Gasteiger partial charge in [-0.1, -0.05) is 13.8 Å². The summed E-state index contributed by atoms with van der Waals surface area (Å²) in [5, 5.41) is 0. The van der Waals surface area contributed by atoms with Gasteiger partial charge in [0.25, 0.3) is 0 Å². The maximum absolute atomic E-state index is 2.69. The maximum atomic E-state index is 2.69. The van der Waals surface area contributed by atoms with Gasteiger partial charge in [0.1, 0.15) is 0 Å². The molecule has 0 spiro atoms. The minimum absolute atomic E-state index is 0.717. The van der Waals surface area contributed by atoms with Crippen molar-refractivity contribution >= 4 is 0 Å². The highest BCUT2D eigenvalue weighted by atomic mass is 15.2. The third-order valence-electron chi connectivity index (χ3n) is 3.14. The van der Waals surface area contributed by atoms with Gasteiger partial charge < -0.3 is 0 Å². The summed E-state index contributed by atoms with van der Waals surface area (Å²) >= 11 is 0. The van der Waals surface area contributed by atoms with Crippen molar-refractivity contribution in [3.8, 4) is 0 Å². The Morgan fingerprint density at radius 2 is 1.67 bits per heavy atom. The van der Waals surface area contributed by atoms with Crippen molar-refractivity contribution in [2.45, 2.75) is 65.6 Å². The minimum Gasteiger partial charge on any atom is -0.295 e. The molecular weight excluding hydrogens is 146 g/mol. The summed E-state index contributed by atoms with van der Waals surface area (Å²) in [6.45, 7) is 11.7. The summed E-state index contributed by atoms with van der Waals surface area (Å²) in [7, 11) is 0. The van der Waals surface area contributed by atoms with Crippen LogP contribution in [0.4, 0.5) is 0 Å². The Bertz CT molecular complexity index is 140. The number of hydrogen-bond donors (Lipinski definition) is 0. The predicted octanol–water partition coefficient (Wildman–Crippen LogP) is 2.90. The second kappa shape index (κ2) is 3.78. The Kier molecular flexibility index (Phi) is 3.16. The molecule has 1 heterocycles. The SMILES string of the molecule is CC(C)[C@@H]1CCC(C)N1C(C)C. The number of likely N-dealkylation sites (tertiary alicyclic amines) is 1. The highest BCUT2D eigenvalue weighted by Gasteiger charge is 2.33. The first-order chi connectivity index (χ1) is 5.54. The van der Waals surface area contributed by atoms with Crippen molar-refractivity contribution in [1.82, 2.24) is 4.90 Å². The fourth-order valence-electron chi connectivity index (χ4n) is 2.61. The van der Waals surface area contributed by atoms with Gasteiger partial charge in [-0.2, -0.15) is 0 Å². The molecule has 0 aromatic heterocycles. The highest BCUT2D eigenvalue weighted by Crippen LogP contribution is 2.30. The standard InChI is InChI=1S/C11H23N/c1-8(2)11-7-6-10(5)12(11)9(3)4/h8-11H,6-7H2,1-5H3/t10?,11-/m0/s1. The molecule has 1 heteroatoms. The van der Waals surface area contributed by atoms with Crippen LogP contribution in [0.2, 0.25) is 0 Å². The predicted molar refractivity (Wildman–Crippen MR) is 54.3 cm³/mol. The second-order valence-electron chi connectivity index (χ2n) is 4.78. The molecule has 0 N–H and O–H groups in total. The van der Waals surface area contributed by atoms with Crippen LogP contribution in [0.25, 0.3) is 0 Å². The van der Waals surface area contributed by atoms with Gasteiger partial charge in [-0.25, -0.2) is 0 Å². The van der Waals surface area contributed by atoms with E-state index in [1.807, 2.05) is 0 Å². The van der Waals surface area contributed by atoms with Crippen molar-refractivity contribution in [3.63, 3.8) is 0 Å². The lowest BCUT2D eigenvalue weighted by molar-refractivity contribution is 0.127.